The highest BCUT2D eigenvalue weighted by atomic mass is 16.5. The lowest BCUT2D eigenvalue weighted by Gasteiger charge is -2.59. The van der Waals surface area contributed by atoms with Crippen molar-refractivity contribution in [3.05, 3.63) is 59.9 Å². The fourth-order valence-corrected chi connectivity index (χ4v) is 11.4. The molecule has 0 radical (unpaired) electrons. The van der Waals surface area contributed by atoms with E-state index in [0.29, 0.717) is 56.5 Å². The van der Waals surface area contributed by atoms with Gasteiger partial charge in [0.2, 0.25) is 11.8 Å². The highest BCUT2D eigenvalue weighted by molar-refractivity contribution is 5.95. The number of amides is 2. The average molecular weight is 874 g/mol. The summed E-state index contributed by atoms with van der Waals surface area (Å²) in [5.74, 6) is -0.251. The smallest absolute Gasteiger partial charge is 0.324 e. The molecule has 6 bridgehead atoms. The van der Waals surface area contributed by atoms with E-state index < -0.39 is 29.5 Å². The van der Waals surface area contributed by atoms with Crippen LogP contribution in [0.1, 0.15) is 102 Å². The van der Waals surface area contributed by atoms with Crippen molar-refractivity contribution in [2.45, 2.75) is 115 Å². The van der Waals surface area contributed by atoms with Gasteiger partial charge >= 0.3 is 5.97 Å². The minimum atomic E-state index is -1.02. The van der Waals surface area contributed by atoms with Crippen LogP contribution in [0.5, 0.6) is 0 Å². The number of pyridine rings is 1. The first-order chi connectivity index (χ1) is 30.8. The van der Waals surface area contributed by atoms with E-state index in [4.69, 9.17) is 23.9 Å². The minimum absolute atomic E-state index is 0.0256. The van der Waals surface area contributed by atoms with Crippen LogP contribution in [0.2, 0.25) is 0 Å². The first-order valence-electron chi connectivity index (χ1n) is 23.7. The van der Waals surface area contributed by atoms with Crippen molar-refractivity contribution in [1.29, 1.82) is 0 Å². The quantitative estimate of drug-likeness (QED) is 0.200. The van der Waals surface area contributed by atoms with E-state index in [1.807, 2.05) is 19.2 Å². The molecule has 2 saturated carbocycles. The van der Waals surface area contributed by atoms with Crippen molar-refractivity contribution in [2.24, 2.45) is 23.2 Å². The molecule has 15 heteroatoms. The fourth-order valence-electron chi connectivity index (χ4n) is 11.4. The second kappa shape index (κ2) is 15.7. The molecule has 1 unspecified atom stereocenters. The zero-order valence-corrected chi connectivity index (χ0v) is 38.1. The van der Waals surface area contributed by atoms with Gasteiger partial charge < -0.3 is 29.1 Å². The molecule has 5 aliphatic heterocycles. The van der Waals surface area contributed by atoms with Gasteiger partial charge in [-0.25, -0.2) is 10.4 Å². The lowest BCUT2D eigenvalue weighted by Crippen LogP contribution is -2.77. The number of oxazole rings is 1. The number of ether oxygens (including phenoxy) is 2. The van der Waals surface area contributed by atoms with Crippen LogP contribution in [-0.4, -0.2) is 124 Å². The predicted molar refractivity (Wildman–Crippen MR) is 239 cm³/mol. The molecule has 11 rings (SSSR count). The largest absolute Gasteiger partial charge is 0.464 e. The molecule has 3 aromatic heterocycles. The number of methoxy groups -OCH3 is 1. The molecule has 340 valence electrons. The van der Waals surface area contributed by atoms with Gasteiger partial charge in [0.15, 0.2) is 0 Å². The van der Waals surface area contributed by atoms with Crippen molar-refractivity contribution in [3.63, 3.8) is 0 Å². The number of fused-ring (bicyclic) bond motifs is 6. The normalized spacial score (nSPS) is 29.9. The van der Waals surface area contributed by atoms with Crippen LogP contribution in [-0.2, 0) is 30.3 Å². The lowest BCUT2D eigenvalue weighted by molar-refractivity contribution is -0.157. The Morgan fingerprint density at radius 3 is 2.53 bits per heavy atom. The molecule has 1 aromatic carbocycles. The van der Waals surface area contributed by atoms with Gasteiger partial charge in [0.1, 0.15) is 30.1 Å². The van der Waals surface area contributed by atoms with E-state index in [-0.39, 0.29) is 53.9 Å². The maximum absolute atomic E-state index is 15.0. The Kier molecular flexibility index (Phi) is 10.3. The second-order valence-electron chi connectivity index (χ2n) is 21.0. The summed E-state index contributed by atoms with van der Waals surface area (Å²) in [5.41, 5.74) is 9.58. The van der Waals surface area contributed by atoms with Crippen molar-refractivity contribution < 1.29 is 28.3 Å². The Labute approximate surface area is 374 Å². The summed E-state index contributed by atoms with van der Waals surface area (Å²) in [7, 11) is 1.73. The standard InChI is InChI=1S/C49H63N9O6/c1-27-28(2)39(27)44(59)53-41-43(56-24-49(25-56)15-17-51-49)45-52-37(23-63-45)30-11-14-38-34(19-30)35(20-48(4,5)26-64-47(61)36-10-8-18-57(54-36)46(41)60)42(33-9-7-16-50-40(33)29(3)62-6)58(38)32-21-55(22-32)31-12-13-31/h7,9,11,14,16,19,23,27-29,31-32,36,39,41,43,51,54H,8,10,12-13,15,17-18,20-22,24-26H2,1-6H3,(H,53,59)/t27-,28+,29-,36-,39?,41-,43-/m0/s1. The zero-order chi connectivity index (χ0) is 44.2. The van der Waals surface area contributed by atoms with Crippen molar-refractivity contribution in [2.75, 3.05) is 53.0 Å². The molecule has 1 spiro atoms. The molecular weight excluding hydrogens is 811 g/mol. The molecule has 3 N–H and O–H groups in total. The highest BCUT2D eigenvalue weighted by Gasteiger charge is 2.55. The highest BCUT2D eigenvalue weighted by Crippen LogP contribution is 2.48. The van der Waals surface area contributed by atoms with Gasteiger partial charge in [0.05, 0.1) is 30.1 Å². The SMILES string of the molecule is CO[C@@H](C)c1ncccc1-c1c2c3cc(ccc3n1C1CN(C3CC3)C1)-c1coc(n1)[C@@H](N1CC3(CCN3)C1)[C@H](NC(=O)C1[C@@H](C)[C@H]1C)C(=O)N1CCC[C@H](N1)C(=O)OCC(C)(C)C2. The zero-order valence-electron chi connectivity index (χ0n) is 38.1. The van der Waals surface area contributed by atoms with E-state index in [2.05, 4.69) is 82.4 Å². The Morgan fingerprint density at radius 2 is 1.83 bits per heavy atom. The van der Waals surface area contributed by atoms with E-state index in [1.165, 1.54) is 17.9 Å². The summed E-state index contributed by atoms with van der Waals surface area (Å²) in [6, 6.07) is 9.23. The molecule has 2 amide bonds. The summed E-state index contributed by atoms with van der Waals surface area (Å²) in [6.45, 7) is 15.3. The maximum atomic E-state index is 15.0. The number of benzene rings is 1. The summed E-state index contributed by atoms with van der Waals surface area (Å²) >= 11 is 0. The minimum Gasteiger partial charge on any atom is -0.464 e. The van der Waals surface area contributed by atoms with Gasteiger partial charge in [-0.1, -0.05) is 33.8 Å². The topological polar surface area (TPSA) is 159 Å². The van der Waals surface area contributed by atoms with Crippen LogP contribution in [0, 0.1) is 23.2 Å². The number of aromatic nitrogens is 3. The number of carbonyl (C=O) groups excluding carboxylic acids is 3. The summed E-state index contributed by atoms with van der Waals surface area (Å²) in [6.07, 6.45) is 8.58. The first-order valence-corrected chi connectivity index (χ1v) is 23.7. The Bertz CT molecular complexity index is 2470. The molecule has 7 aliphatic rings. The Hall–Kier alpha value is -4.67. The average Bonchev–Trinajstić information content (AvgIpc) is 4.09. The number of carbonyl (C=O) groups is 3. The lowest BCUT2D eigenvalue weighted by atomic mass is 9.78. The molecule has 4 saturated heterocycles. The summed E-state index contributed by atoms with van der Waals surface area (Å²) in [5, 5.41) is 9.45. The number of hydrazine groups is 1. The predicted octanol–water partition coefficient (Wildman–Crippen LogP) is 5.18. The number of likely N-dealkylation sites (tertiary alicyclic amines) is 2. The van der Waals surface area contributed by atoms with Gasteiger partial charge in [-0.3, -0.25) is 34.2 Å². The van der Waals surface area contributed by atoms with E-state index in [0.717, 1.165) is 65.0 Å². The number of nitrogens with zero attached hydrogens (tertiary/aromatic N) is 6. The number of esters is 1. The molecular formula is C49H63N9O6. The van der Waals surface area contributed by atoms with Crippen LogP contribution in [0.4, 0.5) is 0 Å². The van der Waals surface area contributed by atoms with E-state index >= 15 is 4.79 Å². The van der Waals surface area contributed by atoms with Gasteiger partial charge in [0, 0.05) is 91.0 Å². The summed E-state index contributed by atoms with van der Waals surface area (Å²) < 4.78 is 21.2. The van der Waals surface area contributed by atoms with Crippen LogP contribution in [0.25, 0.3) is 33.4 Å². The van der Waals surface area contributed by atoms with Gasteiger partial charge in [-0.15, -0.1) is 0 Å². The first kappa shape index (κ1) is 42.0. The maximum Gasteiger partial charge on any atom is 0.324 e. The number of nitrogens with one attached hydrogen (secondary N) is 3. The molecule has 15 nitrogen and oxygen atoms in total. The molecule has 64 heavy (non-hydrogen) atoms. The number of hydrogen-bond acceptors (Lipinski definition) is 12. The molecule has 2 aliphatic carbocycles. The van der Waals surface area contributed by atoms with Gasteiger partial charge in [-0.05, 0) is 93.7 Å². The van der Waals surface area contributed by atoms with Gasteiger partial charge in [-0.2, -0.15) is 0 Å². The van der Waals surface area contributed by atoms with Crippen LogP contribution in [0.3, 0.4) is 0 Å². The van der Waals surface area contributed by atoms with Crippen molar-refractivity contribution >= 4 is 28.7 Å². The Morgan fingerprint density at radius 1 is 1.05 bits per heavy atom. The number of rotatable bonds is 8. The molecule has 7 atom stereocenters. The number of cyclic esters (lactones) is 1. The number of hydrogen-bond donors (Lipinski definition) is 3. The van der Waals surface area contributed by atoms with Crippen molar-refractivity contribution in [1.82, 2.24) is 45.4 Å². The van der Waals surface area contributed by atoms with Gasteiger partial charge in [0.25, 0.3) is 5.91 Å². The second-order valence-corrected chi connectivity index (χ2v) is 21.0. The molecule has 4 aromatic rings. The third-order valence-electron chi connectivity index (χ3n) is 15.8. The Balaban J connectivity index is 1.07. The third kappa shape index (κ3) is 7.26. The molecule has 8 heterocycles. The van der Waals surface area contributed by atoms with Crippen LogP contribution >= 0.6 is 0 Å². The van der Waals surface area contributed by atoms with Crippen LogP contribution in [0.15, 0.2) is 47.2 Å². The summed E-state index contributed by atoms with van der Waals surface area (Å²) in [4.78, 5) is 58.1. The third-order valence-corrected chi connectivity index (χ3v) is 15.8. The molecule has 6 fully saturated rings. The monoisotopic (exact) mass is 873 g/mol. The van der Waals surface area contributed by atoms with E-state index in [1.54, 1.807) is 13.4 Å². The van der Waals surface area contributed by atoms with Crippen molar-refractivity contribution in [3.8, 4) is 22.5 Å². The van der Waals surface area contributed by atoms with Crippen LogP contribution < -0.4 is 16.1 Å². The fraction of sp³-hybridized carbons (Fsp3) is 0.612. The van der Waals surface area contributed by atoms with E-state index in [9.17, 15) is 9.59 Å².